The fraction of sp³-hybridized carbons (Fsp3) is 0.562. The Kier molecular flexibility index (Phi) is 4.39. The van der Waals surface area contributed by atoms with Crippen molar-refractivity contribution < 1.29 is 19.1 Å². The zero-order valence-corrected chi connectivity index (χ0v) is 13.7. The summed E-state index contributed by atoms with van der Waals surface area (Å²) in [4.78, 5) is 29.9. The molecule has 0 bridgehead atoms. The van der Waals surface area contributed by atoms with E-state index in [1.165, 1.54) is 7.11 Å². The van der Waals surface area contributed by atoms with Gasteiger partial charge in [0.05, 0.1) is 18.5 Å². The number of ether oxygens (including phenoxy) is 2. The summed E-state index contributed by atoms with van der Waals surface area (Å²) in [6, 6.07) is 3.30. The molecule has 0 aliphatic carbocycles. The fourth-order valence-corrected chi connectivity index (χ4v) is 2.36. The van der Waals surface area contributed by atoms with Crippen molar-refractivity contribution in [2.45, 2.75) is 45.6 Å². The third-order valence-electron chi connectivity index (χ3n) is 3.45. The number of anilines is 1. The molecule has 22 heavy (non-hydrogen) atoms. The van der Waals surface area contributed by atoms with E-state index in [1.807, 2.05) is 27.7 Å². The summed E-state index contributed by atoms with van der Waals surface area (Å²) in [5.74, 6) is -0.317. The number of carbonyl (C=O) groups excluding carboxylic acids is 2. The molecule has 1 amide bonds. The second kappa shape index (κ2) is 5.94. The van der Waals surface area contributed by atoms with Crippen LogP contribution in [0.4, 0.5) is 10.5 Å². The summed E-state index contributed by atoms with van der Waals surface area (Å²) in [5.41, 5.74) is 1.11. The van der Waals surface area contributed by atoms with Crippen LogP contribution in [0.5, 0.6) is 0 Å². The van der Waals surface area contributed by atoms with Gasteiger partial charge in [-0.3, -0.25) is 4.90 Å². The molecule has 0 N–H and O–H groups in total. The average molecular weight is 306 g/mol. The van der Waals surface area contributed by atoms with E-state index in [4.69, 9.17) is 9.47 Å². The largest absolute Gasteiger partial charge is 0.464 e. The first-order valence-electron chi connectivity index (χ1n) is 7.32. The molecule has 0 radical (unpaired) electrons. The van der Waals surface area contributed by atoms with Crippen molar-refractivity contribution in [2.24, 2.45) is 0 Å². The van der Waals surface area contributed by atoms with Crippen molar-refractivity contribution in [1.29, 1.82) is 0 Å². The molecule has 6 nitrogen and oxygen atoms in total. The van der Waals surface area contributed by atoms with Gasteiger partial charge in [0.2, 0.25) is 0 Å². The lowest BCUT2D eigenvalue weighted by Gasteiger charge is -2.33. The van der Waals surface area contributed by atoms with E-state index in [-0.39, 0.29) is 11.6 Å². The maximum Gasteiger partial charge on any atom is 0.414 e. The number of carbonyl (C=O) groups is 2. The Balaban J connectivity index is 2.35. The maximum absolute atomic E-state index is 12.3. The van der Waals surface area contributed by atoms with Crippen LogP contribution in [0, 0.1) is 0 Å². The van der Waals surface area contributed by atoms with Gasteiger partial charge in [0.25, 0.3) is 0 Å². The molecular formula is C16H22N2O4. The number of esters is 1. The van der Waals surface area contributed by atoms with Gasteiger partial charge in [-0.05, 0) is 39.3 Å². The van der Waals surface area contributed by atoms with Crippen LogP contribution in [0.15, 0.2) is 12.1 Å². The monoisotopic (exact) mass is 306 g/mol. The lowest BCUT2D eigenvalue weighted by molar-refractivity contribution is 0.0575. The second-order valence-corrected chi connectivity index (χ2v) is 6.41. The Hall–Kier alpha value is -2.11. The first-order chi connectivity index (χ1) is 10.2. The van der Waals surface area contributed by atoms with Crippen molar-refractivity contribution in [1.82, 2.24) is 4.98 Å². The van der Waals surface area contributed by atoms with Crippen LogP contribution >= 0.6 is 0 Å². The quantitative estimate of drug-likeness (QED) is 0.746. The first kappa shape index (κ1) is 16.3. The van der Waals surface area contributed by atoms with Crippen LogP contribution in [-0.4, -0.2) is 36.3 Å². The fourth-order valence-electron chi connectivity index (χ4n) is 2.36. The minimum absolute atomic E-state index is 0.165. The number of pyridine rings is 1. The third-order valence-corrected chi connectivity index (χ3v) is 3.45. The number of methoxy groups -OCH3 is 1. The summed E-state index contributed by atoms with van der Waals surface area (Å²) < 4.78 is 10.1. The topological polar surface area (TPSA) is 68.7 Å². The Labute approximate surface area is 130 Å². The van der Waals surface area contributed by atoms with Crippen LogP contribution in [0.3, 0.4) is 0 Å². The number of nitrogens with zero attached hydrogens (tertiary/aromatic N) is 2. The van der Waals surface area contributed by atoms with E-state index in [0.29, 0.717) is 12.2 Å². The Bertz CT molecular complexity index is 592. The van der Waals surface area contributed by atoms with E-state index in [2.05, 4.69) is 4.98 Å². The molecule has 2 heterocycles. The van der Waals surface area contributed by atoms with E-state index >= 15 is 0 Å². The van der Waals surface area contributed by atoms with Crippen LogP contribution in [0.2, 0.25) is 0 Å². The minimum Gasteiger partial charge on any atom is -0.464 e. The summed E-state index contributed by atoms with van der Waals surface area (Å²) in [6.07, 6.45) is 0.373. The van der Waals surface area contributed by atoms with E-state index in [0.717, 1.165) is 12.1 Å². The molecule has 0 saturated carbocycles. The van der Waals surface area contributed by atoms with Crippen molar-refractivity contribution in [3.63, 3.8) is 0 Å². The lowest BCUT2D eigenvalue weighted by atomic mass is 9.96. The molecule has 1 aromatic heterocycles. The van der Waals surface area contributed by atoms with E-state index in [9.17, 15) is 9.59 Å². The molecule has 1 aromatic rings. The molecule has 1 aliphatic rings. The molecule has 0 spiro atoms. The Morgan fingerprint density at radius 1 is 1.32 bits per heavy atom. The molecule has 120 valence electrons. The highest BCUT2D eigenvalue weighted by atomic mass is 16.6. The van der Waals surface area contributed by atoms with Gasteiger partial charge >= 0.3 is 12.1 Å². The summed E-state index contributed by atoms with van der Waals surface area (Å²) >= 11 is 0. The zero-order valence-electron chi connectivity index (χ0n) is 13.7. The number of hydrogen-bond donors (Lipinski definition) is 0. The van der Waals surface area contributed by atoms with Gasteiger partial charge in [0.15, 0.2) is 0 Å². The highest BCUT2D eigenvalue weighted by Gasteiger charge is 2.31. The number of hydrogen-bond acceptors (Lipinski definition) is 5. The van der Waals surface area contributed by atoms with Crippen molar-refractivity contribution >= 4 is 17.7 Å². The molecule has 6 heteroatoms. The molecule has 2 rings (SSSR count). The first-order valence-corrected chi connectivity index (χ1v) is 7.32. The summed E-state index contributed by atoms with van der Waals surface area (Å²) in [6.45, 7) is 8.09. The lowest BCUT2D eigenvalue weighted by Crippen LogP contribution is -2.40. The van der Waals surface area contributed by atoms with Gasteiger partial charge in [0, 0.05) is 12.5 Å². The smallest absolute Gasteiger partial charge is 0.414 e. The van der Waals surface area contributed by atoms with Crippen molar-refractivity contribution in [3.05, 3.63) is 23.5 Å². The van der Waals surface area contributed by atoms with Crippen LogP contribution in [0.25, 0.3) is 0 Å². The van der Waals surface area contributed by atoms with Gasteiger partial charge in [-0.15, -0.1) is 0 Å². The molecule has 1 aliphatic heterocycles. The molecule has 0 aromatic carbocycles. The van der Waals surface area contributed by atoms with Crippen LogP contribution in [-0.2, 0) is 9.47 Å². The normalized spacial score (nSPS) is 17.7. The van der Waals surface area contributed by atoms with Gasteiger partial charge in [-0.25, -0.2) is 14.6 Å². The predicted octanol–water partition coefficient (Wildman–Crippen LogP) is 3.12. The Morgan fingerprint density at radius 2 is 2.00 bits per heavy atom. The molecule has 0 fully saturated rings. The van der Waals surface area contributed by atoms with Gasteiger partial charge < -0.3 is 9.47 Å². The molecular weight excluding hydrogens is 284 g/mol. The number of amides is 1. The second-order valence-electron chi connectivity index (χ2n) is 6.41. The van der Waals surface area contributed by atoms with Crippen LogP contribution in [0.1, 0.15) is 56.2 Å². The predicted molar refractivity (Wildman–Crippen MR) is 82.2 cm³/mol. The standard InChI is InChI=1S/C16H22N2O4/c1-10-8-9-18(15(20)22-16(2,3)4)12-7-6-11(14(19)21-5)17-13(10)12/h6-7,10H,8-9H2,1-5H3/t10-/m0/s1. The summed E-state index contributed by atoms with van der Waals surface area (Å²) in [5, 5.41) is 0. The highest BCUT2D eigenvalue weighted by molar-refractivity contribution is 5.91. The maximum atomic E-state index is 12.3. The van der Waals surface area contributed by atoms with Crippen molar-refractivity contribution in [2.75, 3.05) is 18.6 Å². The van der Waals surface area contributed by atoms with Crippen LogP contribution < -0.4 is 4.90 Å². The third kappa shape index (κ3) is 3.37. The van der Waals surface area contributed by atoms with Crippen molar-refractivity contribution in [3.8, 4) is 0 Å². The van der Waals surface area contributed by atoms with E-state index < -0.39 is 17.7 Å². The average Bonchev–Trinajstić information content (AvgIpc) is 2.44. The molecule has 0 saturated heterocycles. The van der Waals surface area contributed by atoms with Gasteiger partial charge in [-0.2, -0.15) is 0 Å². The number of aromatic nitrogens is 1. The summed E-state index contributed by atoms with van der Waals surface area (Å²) in [7, 11) is 1.32. The SMILES string of the molecule is COC(=O)c1ccc2c(n1)[C@@H](C)CCN2C(=O)OC(C)(C)C. The van der Waals surface area contributed by atoms with Gasteiger partial charge in [-0.1, -0.05) is 6.92 Å². The number of rotatable bonds is 1. The molecule has 1 atom stereocenters. The number of fused-ring (bicyclic) bond motifs is 1. The molecule has 0 unspecified atom stereocenters. The Morgan fingerprint density at radius 3 is 2.59 bits per heavy atom. The van der Waals surface area contributed by atoms with E-state index in [1.54, 1.807) is 17.0 Å². The highest BCUT2D eigenvalue weighted by Crippen LogP contribution is 2.34. The minimum atomic E-state index is -0.556. The van der Waals surface area contributed by atoms with Gasteiger partial charge in [0.1, 0.15) is 11.3 Å². The zero-order chi connectivity index (χ0) is 16.5.